The van der Waals surface area contributed by atoms with Gasteiger partial charge in [0.2, 0.25) is 0 Å². The van der Waals surface area contributed by atoms with Gasteiger partial charge >= 0.3 is 0 Å². The van der Waals surface area contributed by atoms with Gasteiger partial charge in [-0.2, -0.15) is 0 Å². The van der Waals surface area contributed by atoms with Gasteiger partial charge in [-0.1, -0.05) is 0 Å². The highest BCUT2D eigenvalue weighted by Crippen LogP contribution is 2.21. The van der Waals surface area contributed by atoms with Crippen molar-refractivity contribution in [1.29, 1.82) is 0 Å². The Balaban J connectivity index is 4.07. The molecule has 0 unspecified atom stereocenters. The highest BCUT2D eigenvalue weighted by atomic mass is 28.4. The maximum absolute atomic E-state index is 12.1. The van der Waals surface area contributed by atoms with Crippen molar-refractivity contribution in [2.75, 3.05) is 13.3 Å². The Morgan fingerprint density at radius 1 is 0.846 bits per heavy atom. The van der Waals surface area contributed by atoms with Crippen molar-refractivity contribution in [2.24, 2.45) is 0 Å². The molecule has 0 saturated carbocycles. The predicted octanol–water partition coefficient (Wildman–Crippen LogP) is 3.35. The van der Waals surface area contributed by atoms with Crippen LogP contribution in [-0.4, -0.2) is 30.0 Å². The molecule has 0 fully saturated rings. The third-order valence-electron chi connectivity index (χ3n) is 1.95. The Labute approximate surface area is 81.7 Å². The lowest BCUT2D eigenvalue weighted by Crippen LogP contribution is -2.44. The molecule has 0 aromatic carbocycles. The van der Waals surface area contributed by atoms with Crippen LogP contribution in [0.2, 0.25) is 38.3 Å². The fraction of sp³-hybridized carbons (Fsp3) is 1.00. The number of hydrogen-bond acceptors (Lipinski definition) is 1. The Morgan fingerprint density at radius 3 is 1.38 bits per heavy atom. The van der Waals surface area contributed by atoms with Crippen LogP contribution in [0.4, 0.5) is 8.78 Å². The molecule has 0 bridgehead atoms. The van der Waals surface area contributed by atoms with Gasteiger partial charge in [0.05, 0.1) is 13.3 Å². The van der Waals surface area contributed by atoms with Gasteiger partial charge in [-0.25, -0.2) is 0 Å². The van der Waals surface area contributed by atoms with E-state index in [1.807, 2.05) is 26.2 Å². The summed E-state index contributed by atoms with van der Waals surface area (Å²) in [6.45, 7) is 7.36. The van der Waals surface area contributed by atoms with E-state index in [-0.39, 0.29) is 13.3 Å². The Kier molecular flexibility index (Phi) is 5.31. The van der Waals surface area contributed by atoms with E-state index in [0.717, 1.165) is 0 Å². The SMILES string of the molecule is C[Si](C)(CCF)O[Si](C)(C)CCF. The molecule has 0 spiro atoms. The van der Waals surface area contributed by atoms with Gasteiger partial charge < -0.3 is 4.12 Å². The molecule has 0 aliphatic rings. The molecule has 0 radical (unpaired) electrons. The highest BCUT2D eigenvalue weighted by molar-refractivity contribution is 6.84. The molecular formula is C8H20F2OSi2. The van der Waals surface area contributed by atoms with Crippen molar-refractivity contribution in [1.82, 2.24) is 0 Å². The molecule has 0 heterocycles. The first kappa shape index (κ1) is 13.3. The number of hydrogen-bond donors (Lipinski definition) is 0. The van der Waals surface area contributed by atoms with E-state index >= 15 is 0 Å². The minimum atomic E-state index is -1.86. The first-order valence-electron chi connectivity index (χ1n) is 4.65. The van der Waals surface area contributed by atoms with Gasteiger partial charge in [0.15, 0.2) is 16.6 Å². The zero-order valence-electron chi connectivity index (χ0n) is 8.99. The maximum Gasteiger partial charge on any atom is 0.176 e. The normalized spacial score (nSPS) is 13.4. The van der Waals surface area contributed by atoms with Gasteiger partial charge in [0.25, 0.3) is 0 Å². The number of rotatable bonds is 6. The third-order valence-corrected chi connectivity index (χ3v) is 9.15. The van der Waals surface area contributed by atoms with Crippen LogP contribution in [0.15, 0.2) is 0 Å². The van der Waals surface area contributed by atoms with Gasteiger partial charge in [-0.05, 0) is 38.3 Å². The van der Waals surface area contributed by atoms with E-state index in [1.54, 1.807) is 0 Å². The van der Waals surface area contributed by atoms with Crippen molar-refractivity contribution < 1.29 is 12.9 Å². The van der Waals surface area contributed by atoms with E-state index in [0.29, 0.717) is 12.1 Å². The van der Waals surface area contributed by atoms with Gasteiger partial charge in [-0.15, -0.1) is 0 Å². The van der Waals surface area contributed by atoms with Crippen LogP contribution in [0.3, 0.4) is 0 Å². The van der Waals surface area contributed by atoms with Crippen molar-refractivity contribution >= 4 is 16.6 Å². The third kappa shape index (κ3) is 6.34. The van der Waals surface area contributed by atoms with E-state index in [1.165, 1.54) is 0 Å². The van der Waals surface area contributed by atoms with Crippen LogP contribution in [0.1, 0.15) is 0 Å². The minimum absolute atomic E-state index is 0.320. The molecule has 5 heteroatoms. The molecule has 13 heavy (non-hydrogen) atoms. The molecule has 0 rings (SSSR count). The molecule has 0 aliphatic carbocycles. The number of halogens is 2. The standard InChI is InChI=1S/C8H20F2OSi2/c1-12(2,7-5-9)11-13(3,4)8-6-10/h5-8H2,1-4H3. The lowest BCUT2D eigenvalue weighted by Gasteiger charge is -2.32. The molecule has 0 N–H and O–H groups in total. The second-order valence-electron chi connectivity index (χ2n) is 4.50. The van der Waals surface area contributed by atoms with Crippen LogP contribution in [0, 0.1) is 0 Å². The van der Waals surface area contributed by atoms with Crippen molar-refractivity contribution in [3.8, 4) is 0 Å². The highest BCUT2D eigenvalue weighted by Gasteiger charge is 2.32. The zero-order valence-corrected chi connectivity index (χ0v) is 11.0. The largest absolute Gasteiger partial charge is 0.455 e. The Morgan fingerprint density at radius 2 is 1.15 bits per heavy atom. The summed E-state index contributed by atoms with van der Waals surface area (Å²) < 4.78 is 30.2. The average Bonchev–Trinajstić information content (AvgIpc) is 1.82. The van der Waals surface area contributed by atoms with Crippen LogP contribution in [0.5, 0.6) is 0 Å². The molecule has 0 atom stereocenters. The molecule has 0 aromatic rings. The predicted molar refractivity (Wildman–Crippen MR) is 57.6 cm³/mol. The zero-order chi connectivity index (χ0) is 10.5. The van der Waals surface area contributed by atoms with E-state index < -0.39 is 16.6 Å². The topological polar surface area (TPSA) is 9.23 Å². The molecule has 0 aromatic heterocycles. The molecule has 0 amide bonds. The fourth-order valence-electron chi connectivity index (χ4n) is 1.31. The molecule has 0 saturated heterocycles. The summed E-state index contributed by atoms with van der Waals surface area (Å²) in [6.07, 6.45) is 0. The molecule has 1 nitrogen and oxygen atoms in total. The number of alkyl halides is 2. The van der Waals surface area contributed by atoms with Crippen LogP contribution in [-0.2, 0) is 4.12 Å². The second-order valence-corrected chi connectivity index (χ2v) is 13.4. The summed E-state index contributed by atoms with van der Waals surface area (Å²) in [4.78, 5) is 0. The lowest BCUT2D eigenvalue weighted by molar-refractivity contribution is 0.467. The monoisotopic (exact) mass is 226 g/mol. The van der Waals surface area contributed by atoms with Gasteiger partial charge in [0, 0.05) is 0 Å². The molecule has 80 valence electrons. The lowest BCUT2D eigenvalue weighted by atomic mass is 10.9. The summed E-state index contributed by atoms with van der Waals surface area (Å²) in [5, 5.41) is 0. The summed E-state index contributed by atoms with van der Waals surface area (Å²) in [5.74, 6) is 0. The summed E-state index contributed by atoms with van der Waals surface area (Å²) in [5.41, 5.74) is 0. The Hall–Kier alpha value is 0.254. The minimum Gasteiger partial charge on any atom is -0.455 e. The van der Waals surface area contributed by atoms with Gasteiger partial charge in [0.1, 0.15) is 0 Å². The average molecular weight is 226 g/mol. The van der Waals surface area contributed by atoms with E-state index in [2.05, 4.69) is 0 Å². The Bertz CT molecular complexity index is 135. The molecular weight excluding hydrogens is 206 g/mol. The second kappa shape index (κ2) is 5.21. The van der Waals surface area contributed by atoms with E-state index in [9.17, 15) is 8.78 Å². The first-order valence-corrected chi connectivity index (χ1v) is 10.9. The van der Waals surface area contributed by atoms with Crippen molar-refractivity contribution in [3.63, 3.8) is 0 Å². The van der Waals surface area contributed by atoms with E-state index in [4.69, 9.17) is 4.12 Å². The van der Waals surface area contributed by atoms with Crippen molar-refractivity contribution in [3.05, 3.63) is 0 Å². The van der Waals surface area contributed by atoms with Crippen LogP contribution in [0.25, 0.3) is 0 Å². The fourth-order valence-corrected chi connectivity index (χ4v) is 9.02. The quantitative estimate of drug-likeness (QED) is 0.631. The first-order chi connectivity index (χ1) is 5.83. The van der Waals surface area contributed by atoms with Crippen molar-refractivity contribution in [2.45, 2.75) is 38.3 Å². The summed E-state index contributed by atoms with van der Waals surface area (Å²) in [6, 6.07) is 1.05. The van der Waals surface area contributed by atoms with Gasteiger partial charge in [-0.3, -0.25) is 8.78 Å². The van der Waals surface area contributed by atoms with Crippen LogP contribution >= 0.6 is 0 Å². The summed E-state index contributed by atoms with van der Waals surface area (Å²) in [7, 11) is -3.71. The summed E-state index contributed by atoms with van der Waals surface area (Å²) >= 11 is 0. The van der Waals surface area contributed by atoms with Crippen LogP contribution < -0.4 is 0 Å². The molecule has 0 aliphatic heterocycles. The smallest absolute Gasteiger partial charge is 0.176 e. The maximum atomic E-state index is 12.1.